The lowest BCUT2D eigenvalue weighted by atomic mass is 9.84. The van der Waals surface area contributed by atoms with Crippen LogP contribution < -0.4 is 0 Å². The minimum atomic E-state index is -1.14. The van der Waals surface area contributed by atoms with E-state index in [-0.39, 0.29) is 6.42 Å². The van der Waals surface area contributed by atoms with Crippen molar-refractivity contribution in [2.75, 3.05) is 0 Å². The van der Waals surface area contributed by atoms with E-state index in [4.69, 9.17) is 11.6 Å². The van der Waals surface area contributed by atoms with Crippen LogP contribution in [0.3, 0.4) is 0 Å². The molecule has 0 fully saturated rings. The maximum Gasteiger partial charge on any atom is 0.0958 e. The highest BCUT2D eigenvalue weighted by Crippen LogP contribution is 2.35. The number of rotatable bonds is 6. The van der Waals surface area contributed by atoms with Gasteiger partial charge in [0.1, 0.15) is 0 Å². The maximum absolute atomic E-state index is 10.9. The zero-order valence-electron chi connectivity index (χ0n) is 11.7. The molecule has 0 aromatic heterocycles. The van der Waals surface area contributed by atoms with Gasteiger partial charge < -0.3 is 10.2 Å². The molecule has 110 valence electrons. The highest BCUT2D eigenvalue weighted by atomic mass is 35.5. The lowest BCUT2D eigenvalue weighted by molar-refractivity contribution is -0.0139. The van der Waals surface area contributed by atoms with Crippen molar-refractivity contribution in [2.45, 2.75) is 24.5 Å². The fraction of sp³-hybridized carbons (Fsp3) is 0.222. The van der Waals surface area contributed by atoms with E-state index in [0.717, 1.165) is 11.1 Å². The van der Waals surface area contributed by atoms with E-state index in [1.807, 2.05) is 30.3 Å². The number of hydrogen-bond acceptors (Lipinski definition) is 2. The molecule has 0 spiro atoms. The van der Waals surface area contributed by atoms with E-state index in [1.54, 1.807) is 30.3 Å². The molecule has 21 heavy (non-hydrogen) atoms. The van der Waals surface area contributed by atoms with E-state index in [2.05, 4.69) is 6.58 Å². The Morgan fingerprint density at radius 2 is 1.71 bits per heavy atom. The summed E-state index contributed by atoms with van der Waals surface area (Å²) in [5.41, 5.74) is 0.373. The number of halogens is 1. The van der Waals surface area contributed by atoms with Gasteiger partial charge in [0.25, 0.3) is 0 Å². The first-order valence-corrected chi connectivity index (χ1v) is 7.25. The Bertz CT molecular complexity index is 580. The van der Waals surface area contributed by atoms with Crippen LogP contribution >= 0.6 is 11.6 Å². The Hall–Kier alpha value is -1.61. The predicted octanol–water partition coefficient (Wildman–Crippen LogP) is 4.23. The van der Waals surface area contributed by atoms with Crippen molar-refractivity contribution in [1.82, 2.24) is 0 Å². The van der Waals surface area contributed by atoms with Gasteiger partial charge in [-0.3, -0.25) is 0 Å². The minimum Gasteiger partial charge on any atom is -0.388 e. The van der Waals surface area contributed by atoms with Crippen LogP contribution in [0, 0.1) is 0 Å². The molecule has 0 aliphatic heterocycles. The largest absolute Gasteiger partial charge is 0.388 e. The summed E-state index contributed by atoms with van der Waals surface area (Å²) in [6, 6.07) is 16.4. The zero-order chi connectivity index (χ0) is 15.3. The van der Waals surface area contributed by atoms with Gasteiger partial charge in [-0.25, -0.2) is 0 Å². The molecule has 3 heteroatoms. The van der Waals surface area contributed by atoms with Crippen LogP contribution in [0.25, 0.3) is 0 Å². The molecule has 0 heterocycles. The first kappa shape index (κ1) is 15.8. The molecule has 2 rings (SSSR count). The van der Waals surface area contributed by atoms with Gasteiger partial charge in [-0.2, -0.15) is 0 Å². The van der Waals surface area contributed by atoms with Gasteiger partial charge in [-0.1, -0.05) is 60.1 Å². The van der Waals surface area contributed by atoms with Crippen LogP contribution in [0.2, 0.25) is 5.02 Å². The van der Waals surface area contributed by atoms with Gasteiger partial charge in [0.2, 0.25) is 0 Å². The van der Waals surface area contributed by atoms with Crippen molar-refractivity contribution in [2.24, 2.45) is 0 Å². The molecule has 2 aromatic rings. The molecule has 0 bridgehead atoms. The third kappa shape index (κ3) is 3.94. The highest BCUT2D eigenvalue weighted by Gasteiger charge is 2.31. The van der Waals surface area contributed by atoms with Crippen LogP contribution in [0.4, 0.5) is 0 Å². The van der Waals surface area contributed by atoms with E-state index in [1.165, 1.54) is 0 Å². The van der Waals surface area contributed by atoms with Crippen LogP contribution in [0.1, 0.15) is 30.1 Å². The summed E-state index contributed by atoms with van der Waals surface area (Å²) in [6.07, 6.45) is 1.47. The van der Waals surface area contributed by atoms with Gasteiger partial charge in [0.15, 0.2) is 0 Å². The van der Waals surface area contributed by atoms with E-state index in [9.17, 15) is 10.2 Å². The van der Waals surface area contributed by atoms with Crippen LogP contribution in [0.5, 0.6) is 0 Å². The number of aliphatic hydroxyl groups is 2. The summed E-state index contributed by atoms with van der Waals surface area (Å²) in [7, 11) is 0. The Labute approximate surface area is 130 Å². The van der Waals surface area contributed by atoms with Crippen LogP contribution in [-0.2, 0) is 5.60 Å². The van der Waals surface area contributed by atoms with Crippen molar-refractivity contribution in [3.8, 4) is 0 Å². The number of benzene rings is 2. The van der Waals surface area contributed by atoms with E-state index < -0.39 is 11.7 Å². The second-order valence-electron chi connectivity index (χ2n) is 5.16. The van der Waals surface area contributed by atoms with Gasteiger partial charge in [-0.05, 0) is 29.7 Å². The van der Waals surface area contributed by atoms with Gasteiger partial charge in [0.05, 0.1) is 11.7 Å². The van der Waals surface area contributed by atoms with Crippen molar-refractivity contribution < 1.29 is 10.2 Å². The normalized spacial score (nSPS) is 15.2. The second-order valence-corrected chi connectivity index (χ2v) is 5.60. The molecule has 0 saturated heterocycles. The monoisotopic (exact) mass is 302 g/mol. The fourth-order valence-electron chi connectivity index (χ4n) is 2.43. The summed E-state index contributed by atoms with van der Waals surface area (Å²) in [4.78, 5) is 0. The molecule has 0 aliphatic rings. The van der Waals surface area contributed by atoms with Crippen LogP contribution in [-0.4, -0.2) is 10.2 Å². The summed E-state index contributed by atoms with van der Waals surface area (Å²) in [6.45, 7) is 3.70. The molecular formula is C18H19ClO2. The second kappa shape index (κ2) is 6.90. The molecule has 0 radical (unpaired) electrons. The fourth-order valence-corrected chi connectivity index (χ4v) is 2.55. The first-order chi connectivity index (χ1) is 10.0. The zero-order valence-corrected chi connectivity index (χ0v) is 12.5. The summed E-state index contributed by atoms with van der Waals surface area (Å²) >= 11 is 5.85. The molecule has 0 unspecified atom stereocenters. The van der Waals surface area contributed by atoms with Gasteiger partial charge >= 0.3 is 0 Å². The van der Waals surface area contributed by atoms with Crippen molar-refractivity contribution in [1.29, 1.82) is 0 Å². The van der Waals surface area contributed by atoms with Crippen molar-refractivity contribution in [3.63, 3.8) is 0 Å². The molecule has 2 aromatic carbocycles. The third-order valence-electron chi connectivity index (χ3n) is 3.58. The molecule has 2 nitrogen and oxygen atoms in total. The average molecular weight is 303 g/mol. The van der Waals surface area contributed by atoms with Gasteiger partial charge in [-0.15, -0.1) is 6.58 Å². The molecule has 2 atom stereocenters. The Kier molecular flexibility index (Phi) is 5.18. The molecule has 0 saturated carbocycles. The molecule has 0 aliphatic carbocycles. The Morgan fingerprint density at radius 3 is 2.29 bits per heavy atom. The SMILES string of the molecule is C=CC[C@@](O)(C[C@@H](O)c1ccc(Cl)cc1)c1ccccc1. The summed E-state index contributed by atoms with van der Waals surface area (Å²) in [5.74, 6) is 0. The summed E-state index contributed by atoms with van der Waals surface area (Å²) < 4.78 is 0. The highest BCUT2D eigenvalue weighted by molar-refractivity contribution is 6.30. The smallest absolute Gasteiger partial charge is 0.0958 e. The molecule has 0 amide bonds. The average Bonchev–Trinajstić information content (AvgIpc) is 2.49. The quantitative estimate of drug-likeness (QED) is 0.784. The molecular weight excluding hydrogens is 284 g/mol. The van der Waals surface area contributed by atoms with Crippen molar-refractivity contribution in [3.05, 3.63) is 83.4 Å². The van der Waals surface area contributed by atoms with E-state index >= 15 is 0 Å². The summed E-state index contributed by atoms with van der Waals surface area (Å²) in [5, 5.41) is 21.9. The molecule has 2 N–H and O–H groups in total. The Morgan fingerprint density at radius 1 is 1.10 bits per heavy atom. The predicted molar refractivity (Wildman–Crippen MR) is 86.2 cm³/mol. The van der Waals surface area contributed by atoms with Crippen molar-refractivity contribution >= 4 is 11.6 Å². The topological polar surface area (TPSA) is 40.5 Å². The minimum absolute atomic E-state index is 0.199. The number of aliphatic hydroxyl groups excluding tert-OH is 1. The standard InChI is InChI=1S/C18H19ClO2/c1-2-12-18(21,15-6-4-3-5-7-15)13-17(20)14-8-10-16(19)11-9-14/h2-11,17,20-21H,1,12-13H2/t17-,18-/m1/s1. The lowest BCUT2D eigenvalue weighted by Crippen LogP contribution is -2.27. The Balaban J connectivity index is 2.23. The lowest BCUT2D eigenvalue weighted by Gasteiger charge is -2.30. The number of hydrogen-bond donors (Lipinski definition) is 2. The third-order valence-corrected chi connectivity index (χ3v) is 3.83. The van der Waals surface area contributed by atoms with Crippen LogP contribution in [0.15, 0.2) is 67.3 Å². The first-order valence-electron chi connectivity index (χ1n) is 6.87. The van der Waals surface area contributed by atoms with Gasteiger partial charge in [0, 0.05) is 11.4 Å². The van der Waals surface area contributed by atoms with E-state index in [0.29, 0.717) is 11.4 Å². The maximum atomic E-state index is 10.9.